The zero-order valence-corrected chi connectivity index (χ0v) is 17.5. The first kappa shape index (κ1) is 19.7. The van der Waals surface area contributed by atoms with Crippen LogP contribution < -0.4 is 24.6 Å². The second-order valence-electron chi connectivity index (χ2n) is 8.32. The monoisotopic (exact) mass is 421 g/mol. The van der Waals surface area contributed by atoms with Crippen molar-refractivity contribution in [3.05, 3.63) is 42.5 Å². The summed E-state index contributed by atoms with van der Waals surface area (Å²) in [5, 5.41) is 2.98. The first-order valence-electron chi connectivity index (χ1n) is 11.0. The highest BCUT2D eigenvalue weighted by atomic mass is 16.6. The predicted octanol–water partition coefficient (Wildman–Crippen LogP) is 3.44. The van der Waals surface area contributed by atoms with Crippen LogP contribution in [0.1, 0.15) is 25.7 Å². The van der Waals surface area contributed by atoms with Gasteiger partial charge < -0.3 is 24.6 Å². The largest absolute Gasteiger partial charge is 0.486 e. The zero-order valence-electron chi connectivity index (χ0n) is 17.5. The van der Waals surface area contributed by atoms with Gasteiger partial charge in [0.05, 0.1) is 5.92 Å². The van der Waals surface area contributed by atoms with Crippen LogP contribution in [-0.4, -0.2) is 44.7 Å². The SMILES string of the molecule is O=C(Nc1ccc(N2CCCCC2)cc1)[C@H]1CC(=O)N(c2ccc3c(c2)OCCO3)C1. The molecule has 2 aromatic carbocycles. The molecule has 0 saturated carbocycles. The fourth-order valence-corrected chi connectivity index (χ4v) is 4.48. The molecule has 3 aliphatic rings. The average molecular weight is 421 g/mol. The summed E-state index contributed by atoms with van der Waals surface area (Å²) >= 11 is 0. The molecule has 2 fully saturated rings. The Morgan fingerprint density at radius 1 is 0.903 bits per heavy atom. The highest BCUT2D eigenvalue weighted by Crippen LogP contribution is 2.36. The number of piperidine rings is 1. The third-order valence-corrected chi connectivity index (χ3v) is 6.19. The summed E-state index contributed by atoms with van der Waals surface area (Å²) in [5.41, 5.74) is 2.69. The molecule has 31 heavy (non-hydrogen) atoms. The Morgan fingerprint density at radius 2 is 1.61 bits per heavy atom. The van der Waals surface area contributed by atoms with E-state index in [9.17, 15) is 9.59 Å². The lowest BCUT2D eigenvalue weighted by atomic mass is 10.1. The Balaban J connectivity index is 1.22. The van der Waals surface area contributed by atoms with Gasteiger partial charge in [0.25, 0.3) is 0 Å². The molecule has 0 unspecified atom stereocenters. The van der Waals surface area contributed by atoms with Crippen molar-refractivity contribution in [1.82, 2.24) is 0 Å². The van der Waals surface area contributed by atoms with Crippen LogP contribution in [0.25, 0.3) is 0 Å². The lowest BCUT2D eigenvalue weighted by Gasteiger charge is -2.28. The Kier molecular flexibility index (Phi) is 5.40. The number of anilines is 3. The topological polar surface area (TPSA) is 71.1 Å². The third-order valence-electron chi connectivity index (χ3n) is 6.19. The predicted molar refractivity (Wildman–Crippen MR) is 119 cm³/mol. The minimum Gasteiger partial charge on any atom is -0.486 e. The lowest BCUT2D eigenvalue weighted by molar-refractivity contribution is -0.122. The van der Waals surface area contributed by atoms with Gasteiger partial charge in [0, 0.05) is 49.2 Å². The van der Waals surface area contributed by atoms with E-state index >= 15 is 0 Å². The number of carbonyl (C=O) groups excluding carboxylic acids is 2. The smallest absolute Gasteiger partial charge is 0.229 e. The number of nitrogens with one attached hydrogen (secondary N) is 1. The summed E-state index contributed by atoms with van der Waals surface area (Å²) in [6.07, 6.45) is 3.96. The summed E-state index contributed by atoms with van der Waals surface area (Å²) in [6.45, 7) is 3.55. The highest BCUT2D eigenvalue weighted by Gasteiger charge is 2.35. The van der Waals surface area contributed by atoms with E-state index in [1.807, 2.05) is 30.3 Å². The molecular weight excluding hydrogens is 394 g/mol. The van der Waals surface area contributed by atoms with Gasteiger partial charge in [0.1, 0.15) is 13.2 Å². The molecule has 0 aliphatic carbocycles. The number of fused-ring (bicyclic) bond motifs is 1. The number of ether oxygens (including phenoxy) is 2. The summed E-state index contributed by atoms with van der Waals surface area (Å²) in [7, 11) is 0. The van der Waals surface area contributed by atoms with Crippen LogP contribution in [0.15, 0.2) is 42.5 Å². The molecule has 5 rings (SSSR count). The number of amides is 2. The molecule has 3 aliphatic heterocycles. The fourth-order valence-electron chi connectivity index (χ4n) is 4.48. The van der Waals surface area contributed by atoms with Gasteiger partial charge in [0.2, 0.25) is 11.8 Å². The summed E-state index contributed by atoms with van der Waals surface area (Å²) < 4.78 is 11.2. The number of hydrogen-bond donors (Lipinski definition) is 1. The zero-order chi connectivity index (χ0) is 21.2. The maximum atomic E-state index is 12.8. The first-order valence-corrected chi connectivity index (χ1v) is 11.0. The minimum atomic E-state index is -0.387. The molecule has 1 N–H and O–H groups in total. The Bertz CT molecular complexity index is 969. The molecule has 7 heteroatoms. The molecule has 0 radical (unpaired) electrons. The van der Waals surface area contributed by atoms with Gasteiger partial charge in [-0.1, -0.05) is 0 Å². The van der Waals surface area contributed by atoms with Gasteiger partial charge in [-0.3, -0.25) is 9.59 Å². The van der Waals surface area contributed by atoms with E-state index in [1.165, 1.54) is 24.9 Å². The standard InChI is InChI=1S/C24H27N3O4/c28-23-14-17(16-27(23)20-8-9-21-22(15-20)31-13-12-30-21)24(29)25-18-4-6-19(7-5-18)26-10-2-1-3-11-26/h4-9,15,17H,1-3,10-14,16H2,(H,25,29)/t17-/m0/s1. The van der Waals surface area contributed by atoms with E-state index in [0.29, 0.717) is 31.3 Å². The number of nitrogens with zero attached hydrogens (tertiary/aromatic N) is 2. The average Bonchev–Trinajstić information content (AvgIpc) is 3.21. The highest BCUT2D eigenvalue weighted by molar-refractivity contribution is 6.03. The molecule has 0 bridgehead atoms. The molecule has 0 spiro atoms. The van der Waals surface area contributed by atoms with Crippen LogP contribution in [0.2, 0.25) is 0 Å². The second-order valence-corrected chi connectivity index (χ2v) is 8.32. The van der Waals surface area contributed by atoms with Crippen LogP contribution in [0.4, 0.5) is 17.1 Å². The van der Waals surface area contributed by atoms with E-state index in [2.05, 4.69) is 22.3 Å². The number of benzene rings is 2. The molecule has 2 amide bonds. The van der Waals surface area contributed by atoms with Gasteiger partial charge in [0.15, 0.2) is 11.5 Å². The van der Waals surface area contributed by atoms with Crippen LogP contribution in [-0.2, 0) is 9.59 Å². The molecule has 0 aromatic heterocycles. The molecule has 1 atom stereocenters. The van der Waals surface area contributed by atoms with Gasteiger partial charge >= 0.3 is 0 Å². The molecule has 7 nitrogen and oxygen atoms in total. The van der Waals surface area contributed by atoms with Crippen molar-refractivity contribution in [2.24, 2.45) is 5.92 Å². The van der Waals surface area contributed by atoms with Crippen molar-refractivity contribution >= 4 is 28.9 Å². The van der Waals surface area contributed by atoms with Crippen molar-refractivity contribution in [2.75, 3.05) is 48.0 Å². The fraction of sp³-hybridized carbons (Fsp3) is 0.417. The van der Waals surface area contributed by atoms with Crippen LogP contribution in [0, 0.1) is 5.92 Å². The maximum Gasteiger partial charge on any atom is 0.229 e. The van der Waals surface area contributed by atoms with Crippen LogP contribution in [0.5, 0.6) is 11.5 Å². The van der Waals surface area contributed by atoms with Gasteiger partial charge in [-0.05, 0) is 55.7 Å². The minimum absolute atomic E-state index is 0.0581. The van der Waals surface area contributed by atoms with E-state index in [1.54, 1.807) is 4.90 Å². The molecule has 2 saturated heterocycles. The summed E-state index contributed by atoms with van der Waals surface area (Å²) in [6, 6.07) is 13.5. The van der Waals surface area contributed by atoms with E-state index in [0.717, 1.165) is 24.5 Å². The second kappa shape index (κ2) is 8.49. The van der Waals surface area contributed by atoms with Crippen molar-refractivity contribution in [2.45, 2.75) is 25.7 Å². The Morgan fingerprint density at radius 3 is 2.39 bits per heavy atom. The summed E-state index contributed by atoms with van der Waals surface area (Å²) in [5.74, 6) is 0.751. The van der Waals surface area contributed by atoms with Crippen molar-refractivity contribution in [3.8, 4) is 11.5 Å². The maximum absolute atomic E-state index is 12.8. The van der Waals surface area contributed by atoms with Gasteiger partial charge in [-0.15, -0.1) is 0 Å². The van der Waals surface area contributed by atoms with E-state index < -0.39 is 0 Å². The number of hydrogen-bond acceptors (Lipinski definition) is 5. The number of rotatable bonds is 4. The third kappa shape index (κ3) is 4.17. The van der Waals surface area contributed by atoms with Crippen molar-refractivity contribution in [1.29, 1.82) is 0 Å². The van der Waals surface area contributed by atoms with E-state index in [4.69, 9.17) is 9.47 Å². The molecule has 162 valence electrons. The van der Waals surface area contributed by atoms with Crippen LogP contribution in [0.3, 0.4) is 0 Å². The summed E-state index contributed by atoms with van der Waals surface area (Å²) in [4.78, 5) is 29.4. The molecule has 2 aromatic rings. The quantitative estimate of drug-likeness (QED) is 0.819. The Labute approximate surface area is 181 Å². The number of carbonyl (C=O) groups is 2. The van der Waals surface area contributed by atoms with Crippen molar-refractivity contribution in [3.63, 3.8) is 0 Å². The molecule has 3 heterocycles. The Hall–Kier alpha value is -3.22. The molecular formula is C24H27N3O4. The normalized spacial score (nSPS) is 20.6. The van der Waals surface area contributed by atoms with Gasteiger partial charge in [-0.25, -0.2) is 0 Å². The van der Waals surface area contributed by atoms with Crippen LogP contribution >= 0.6 is 0 Å². The lowest BCUT2D eigenvalue weighted by Crippen LogP contribution is -2.29. The van der Waals surface area contributed by atoms with Gasteiger partial charge in [-0.2, -0.15) is 0 Å². The van der Waals surface area contributed by atoms with Crippen molar-refractivity contribution < 1.29 is 19.1 Å². The van der Waals surface area contributed by atoms with E-state index in [-0.39, 0.29) is 24.2 Å². The first-order chi connectivity index (χ1) is 15.2.